The first kappa shape index (κ1) is 18.3. The van der Waals surface area contributed by atoms with Crippen LogP contribution in [-0.4, -0.2) is 37.2 Å². The van der Waals surface area contributed by atoms with Gasteiger partial charge in [0.15, 0.2) is 0 Å². The van der Waals surface area contributed by atoms with Crippen LogP contribution in [0.5, 0.6) is 0 Å². The summed E-state index contributed by atoms with van der Waals surface area (Å²) >= 11 is 0. The number of methoxy groups -OCH3 is 1. The highest BCUT2D eigenvalue weighted by atomic mass is 19.1. The Morgan fingerprint density at radius 3 is 2.85 bits per heavy atom. The summed E-state index contributed by atoms with van der Waals surface area (Å²) in [5.74, 6) is 0.557. The van der Waals surface area contributed by atoms with Crippen LogP contribution in [0.25, 0.3) is 0 Å². The molecule has 1 aliphatic heterocycles. The van der Waals surface area contributed by atoms with Gasteiger partial charge in [-0.3, -0.25) is 0 Å². The molecule has 2 heterocycles. The highest BCUT2D eigenvalue weighted by Crippen LogP contribution is 2.23. The van der Waals surface area contributed by atoms with Gasteiger partial charge in [0.1, 0.15) is 11.6 Å². The van der Waals surface area contributed by atoms with Gasteiger partial charge in [0.25, 0.3) is 0 Å². The number of anilines is 1. The van der Waals surface area contributed by atoms with E-state index in [2.05, 4.69) is 22.5 Å². The van der Waals surface area contributed by atoms with Crippen molar-refractivity contribution in [1.82, 2.24) is 10.3 Å². The molecule has 0 saturated carbocycles. The van der Waals surface area contributed by atoms with Crippen LogP contribution in [0.3, 0.4) is 0 Å². The second-order valence-electron chi connectivity index (χ2n) is 6.75. The lowest BCUT2D eigenvalue weighted by molar-refractivity contribution is 0.0600. The Labute approximate surface area is 153 Å². The van der Waals surface area contributed by atoms with Crippen LogP contribution < -0.4 is 10.6 Å². The normalized spacial score (nSPS) is 19.8. The molecule has 0 bridgehead atoms. The summed E-state index contributed by atoms with van der Waals surface area (Å²) in [7, 11) is 1.35. The number of nitrogens with zero attached hydrogens (tertiary/aromatic N) is 1. The lowest BCUT2D eigenvalue weighted by Crippen LogP contribution is -2.42. The van der Waals surface area contributed by atoms with E-state index in [1.54, 1.807) is 18.2 Å². The first-order valence-corrected chi connectivity index (χ1v) is 8.85. The summed E-state index contributed by atoms with van der Waals surface area (Å²) in [6, 6.07) is 8.49. The second kappa shape index (κ2) is 8.27. The first-order valence-electron chi connectivity index (χ1n) is 8.85. The van der Waals surface area contributed by atoms with Gasteiger partial charge in [0, 0.05) is 18.7 Å². The van der Waals surface area contributed by atoms with Crippen LogP contribution in [0.4, 0.5) is 10.2 Å². The summed E-state index contributed by atoms with van der Waals surface area (Å²) in [6.45, 7) is 4.13. The summed E-state index contributed by atoms with van der Waals surface area (Å²) in [5.41, 5.74) is 2.26. The van der Waals surface area contributed by atoms with Gasteiger partial charge in [-0.15, -0.1) is 0 Å². The van der Waals surface area contributed by atoms with E-state index in [0.717, 1.165) is 36.5 Å². The summed E-state index contributed by atoms with van der Waals surface area (Å²) in [5, 5.41) is 6.92. The molecule has 0 amide bonds. The molecule has 0 radical (unpaired) electrons. The average molecular weight is 357 g/mol. The minimum absolute atomic E-state index is 0.267. The quantitative estimate of drug-likeness (QED) is 0.806. The monoisotopic (exact) mass is 357 g/mol. The number of benzene rings is 1. The molecular formula is C20H24FN3O2. The van der Waals surface area contributed by atoms with Crippen molar-refractivity contribution in [2.75, 3.05) is 25.5 Å². The Morgan fingerprint density at radius 2 is 2.15 bits per heavy atom. The van der Waals surface area contributed by atoms with Gasteiger partial charge in [-0.25, -0.2) is 14.2 Å². The molecule has 26 heavy (non-hydrogen) atoms. The topological polar surface area (TPSA) is 63.2 Å². The number of hydrogen-bond acceptors (Lipinski definition) is 5. The molecular weight excluding hydrogens is 333 g/mol. The van der Waals surface area contributed by atoms with Crippen molar-refractivity contribution in [2.45, 2.75) is 25.8 Å². The van der Waals surface area contributed by atoms with Gasteiger partial charge in [0.2, 0.25) is 0 Å². The summed E-state index contributed by atoms with van der Waals surface area (Å²) in [6.07, 6.45) is 3.10. The highest BCUT2D eigenvalue weighted by Gasteiger charge is 2.22. The van der Waals surface area contributed by atoms with E-state index in [0.29, 0.717) is 23.9 Å². The van der Waals surface area contributed by atoms with Crippen molar-refractivity contribution in [2.24, 2.45) is 5.92 Å². The smallest absolute Gasteiger partial charge is 0.339 e. The molecule has 138 valence electrons. The molecule has 6 heteroatoms. The first-order chi connectivity index (χ1) is 12.6. The van der Waals surface area contributed by atoms with E-state index in [-0.39, 0.29) is 5.82 Å². The van der Waals surface area contributed by atoms with Crippen LogP contribution in [-0.2, 0) is 11.2 Å². The van der Waals surface area contributed by atoms with Crippen LogP contribution in [0, 0.1) is 11.7 Å². The standard InChI is InChI=1S/C20H24FN3O2/c1-13-11-22-8-7-18(13)24-19-15(9-14-3-5-17(21)6-4-14)10-16(12-23-19)20(25)26-2/h3-6,10,12-13,18,22H,7-9,11H2,1-2H3,(H,23,24). The van der Waals surface area contributed by atoms with Gasteiger partial charge in [-0.1, -0.05) is 19.1 Å². The Bertz CT molecular complexity index is 764. The third-order valence-corrected chi connectivity index (χ3v) is 4.80. The fourth-order valence-electron chi connectivity index (χ4n) is 3.23. The fourth-order valence-corrected chi connectivity index (χ4v) is 3.23. The van der Waals surface area contributed by atoms with E-state index in [1.807, 2.05) is 0 Å². The maximum Gasteiger partial charge on any atom is 0.339 e. The van der Waals surface area contributed by atoms with E-state index >= 15 is 0 Å². The number of pyridine rings is 1. The van der Waals surface area contributed by atoms with Crippen LogP contribution in [0.15, 0.2) is 36.5 Å². The van der Waals surface area contributed by atoms with Crippen molar-refractivity contribution < 1.29 is 13.9 Å². The highest BCUT2D eigenvalue weighted by molar-refractivity contribution is 5.89. The van der Waals surface area contributed by atoms with Gasteiger partial charge in [0.05, 0.1) is 12.7 Å². The van der Waals surface area contributed by atoms with Crippen LogP contribution in [0.2, 0.25) is 0 Å². The molecule has 1 fully saturated rings. The Balaban J connectivity index is 1.88. The van der Waals surface area contributed by atoms with E-state index in [9.17, 15) is 9.18 Å². The molecule has 1 saturated heterocycles. The number of carbonyl (C=O) groups excluding carboxylic acids is 1. The maximum atomic E-state index is 13.2. The third-order valence-electron chi connectivity index (χ3n) is 4.80. The molecule has 1 aromatic carbocycles. The summed E-state index contributed by atoms with van der Waals surface area (Å²) in [4.78, 5) is 16.4. The zero-order valence-corrected chi connectivity index (χ0v) is 15.1. The molecule has 2 unspecified atom stereocenters. The molecule has 1 aliphatic rings. The summed E-state index contributed by atoms with van der Waals surface area (Å²) < 4.78 is 18.0. The largest absolute Gasteiger partial charge is 0.465 e. The molecule has 2 N–H and O–H groups in total. The number of esters is 1. The third kappa shape index (κ3) is 4.38. The lowest BCUT2D eigenvalue weighted by Gasteiger charge is -2.31. The molecule has 2 atom stereocenters. The van der Waals surface area contributed by atoms with Crippen molar-refractivity contribution in [1.29, 1.82) is 0 Å². The Hall–Kier alpha value is -2.47. The number of hydrogen-bond donors (Lipinski definition) is 2. The number of aromatic nitrogens is 1. The number of carbonyl (C=O) groups is 1. The predicted molar refractivity (Wildman–Crippen MR) is 98.8 cm³/mol. The zero-order chi connectivity index (χ0) is 18.5. The fraction of sp³-hybridized carbons (Fsp3) is 0.400. The van der Waals surface area contributed by atoms with Crippen molar-refractivity contribution in [3.8, 4) is 0 Å². The zero-order valence-electron chi connectivity index (χ0n) is 15.1. The van der Waals surface area contributed by atoms with Gasteiger partial charge in [-0.05, 0) is 54.8 Å². The van der Waals surface area contributed by atoms with E-state index in [1.165, 1.54) is 25.4 Å². The van der Waals surface area contributed by atoms with Gasteiger partial charge < -0.3 is 15.4 Å². The number of halogens is 1. The number of nitrogens with one attached hydrogen (secondary N) is 2. The molecule has 5 nitrogen and oxygen atoms in total. The van der Waals surface area contributed by atoms with Crippen LogP contribution >= 0.6 is 0 Å². The minimum Gasteiger partial charge on any atom is -0.465 e. The molecule has 0 aliphatic carbocycles. The van der Waals surface area contributed by atoms with Crippen LogP contribution in [0.1, 0.15) is 34.8 Å². The maximum absolute atomic E-state index is 13.2. The Kier molecular flexibility index (Phi) is 5.83. The SMILES string of the molecule is COC(=O)c1cnc(NC2CCNCC2C)c(Cc2ccc(F)cc2)c1. The van der Waals surface area contributed by atoms with Crippen molar-refractivity contribution in [3.63, 3.8) is 0 Å². The molecule has 0 spiro atoms. The van der Waals surface area contributed by atoms with Gasteiger partial charge >= 0.3 is 5.97 Å². The number of piperidine rings is 1. The predicted octanol–water partition coefficient (Wildman–Crippen LogP) is 3.01. The minimum atomic E-state index is -0.417. The van der Waals surface area contributed by atoms with Crippen molar-refractivity contribution in [3.05, 3.63) is 59.0 Å². The second-order valence-corrected chi connectivity index (χ2v) is 6.75. The van der Waals surface area contributed by atoms with Gasteiger partial charge in [-0.2, -0.15) is 0 Å². The Morgan fingerprint density at radius 1 is 1.38 bits per heavy atom. The molecule has 1 aromatic heterocycles. The lowest BCUT2D eigenvalue weighted by atomic mass is 9.94. The van der Waals surface area contributed by atoms with E-state index in [4.69, 9.17) is 4.74 Å². The molecule has 2 aromatic rings. The average Bonchev–Trinajstić information content (AvgIpc) is 2.66. The molecule has 3 rings (SSSR count). The number of ether oxygens (including phenoxy) is 1. The number of rotatable bonds is 5. The van der Waals surface area contributed by atoms with E-state index < -0.39 is 5.97 Å². The van der Waals surface area contributed by atoms with Crippen molar-refractivity contribution >= 4 is 11.8 Å².